The Kier molecular flexibility index (Phi) is 6.91. The lowest BCUT2D eigenvalue weighted by Crippen LogP contribution is -2.31. The van der Waals surface area contributed by atoms with Gasteiger partial charge in [-0.2, -0.15) is 0 Å². The van der Waals surface area contributed by atoms with E-state index < -0.39 is 0 Å². The van der Waals surface area contributed by atoms with Crippen LogP contribution in [0.4, 0.5) is 4.39 Å². The van der Waals surface area contributed by atoms with Gasteiger partial charge in [0.15, 0.2) is 0 Å². The first-order valence-corrected chi connectivity index (χ1v) is 9.55. The number of carbonyl (C=O) groups is 1. The van der Waals surface area contributed by atoms with Crippen LogP contribution in [0.1, 0.15) is 21.6 Å². The molecule has 0 aliphatic heterocycles. The Labute approximate surface area is 176 Å². The second-order valence-corrected chi connectivity index (χ2v) is 6.83. The van der Waals surface area contributed by atoms with Crippen molar-refractivity contribution in [3.8, 4) is 11.5 Å². The molecular formula is C24H25FN2O3. The molecule has 2 aromatic carbocycles. The number of ether oxygens (including phenoxy) is 2. The standard InChI is InChI=1S/C24H25FN2O3/c1-4-10-27(24(28)19-13-22(29-2)15-23(14-19)30-3)17-21-9-6-11-26(21)16-18-7-5-8-20(25)12-18/h4-9,11-15H,1,10,16-17H2,2-3H3. The van der Waals surface area contributed by atoms with Crippen LogP contribution < -0.4 is 9.47 Å². The molecule has 0 unspecified atom stereocenters. The number of hydrogen-bond acceptors (Lipinski definition) is 3. The van der Waals surface area contributed by atoms with Crippen LogP contribution in [0.5, 0.6) is 11.5 Å². The van der Waals surface area contributed by atoms with Crippen LogP contribution in [-0.2, 0) is 13.1 Å². The number of amides is 1. The smallest absolute Gasteiger partial charge is 0.254 e. The normalized spacial score (nSPS) is 10.5. The summed E-state index contributed by atoms with van der Waals surface area (Å²) < 4.78 is 26.1. The summed E-state index contributed by atoms with van der Waals surface area (Å²) in [6.45, 7) is 5.06. The van der Waals surface area contributed by atoms with Gasteiger partial charge in [-0.1, -0.05) is 18.2 Å². The van der Waals surface area contributed by atoms with Gasteiger partial charge >= 0.3 is 0 Å². The van der Waals surface area contributed by atoms with Crippen molar-refractivity contribution in [1.29, 1.82) is 0 Å². The van der Waals surface area contributed by atoms with Crippen LogP contribution in [0.25, 0.3) is 0 Å². The Balaban J connectivity index is 1.84. The average Bonchev–Trinajstić information content (AvgIpc) is 3.19. The lowest BCUT2D eigenvalue weighted by atomic mass is 10.1. The second kappa shape index (κ2) is 9.78. The summed E-state index contributed by atoms with van der Waals surface area (Å²) in [5, 5.41) is 0. The minimum atomic E-state index is -0.267. The molecule has 0 fully saturated rings. The molecule has 0 radical (unpaired) electrons. The molecule has 0 aliphatic rings. The third-order valence-corrected chi connectivity index (χ3v) is 4.75. The van der Waals surface area contributed by atoms with Gasteiger partial charge in [0.25, 0.3) is 5.91 Å². The number of hydrogen-bond donors (Lipinski definition) is 0. The zero-order valence-corrected chi connectivity index (χ0v) is 17.2. The van der Waals surface area contributed by atoms with E-state index in [0.29, 0.717) is 36.7 Å². The number of halogens is 1. The second-order valence-electron chi connectivity index (χ2n) is 6.83. The van der Waals surface area contributed by atoms with Gasteiger partial charge in [-0.3, -0.25) is 4.79 Å². The largest absolute Gasteiger partial charge is 0.497 e. The highest BCUT2D eigenvalue weighted by atomic mass is 19.1. The predicted octanol–water partition coefficient (Wildman–Crippen LogP) is 4.52. The van der Waals surface area contributed by atoms with E-state index in [9.17, 15) is 9.18 Å². The average molecular weight is 408 g/mol. The van der Waals surface area contributed by atoms with Crippen molar-refractivity contribution in [2.24, 2.45) is 0 Å². The summed E-state index contributed by atoms with van der Waals surface area (Å²) >= 11 is 0. The van der Waals surface area contributed by atoms with Gasteiger partial charge in [0.2, 0.25) is 0 Å². The van der Waals surface area contributed by atoms with Gasteiger partial charge in [0.1, 0.15) is 17.3 Å². The first-order valence-electron chi connectivity index (χ1n) is 9.55. The van der Waals surface area contributed by atoms with E-state index in [2.05, 4.69) is 6.58 Å². The van der Waals surface area contributed by atoms with Crippen molar-refractivity contribution in [3.63, 3.8) is 0 Å². The molecule has 0 bridgehead atoms. The highest BCUT2D eigenvalue weighted by Gasteiger charge is 2.18. The molecule has 1 heterocycles. The van der Waals surface area contributed by atoms with Gasteiger partial charge in [0.05, 0.1) is 20.8 Å². The lowest BCUT2D eigenvalue weighted by Gasteiger charge is -2.23. The van der Waals surface area contributed by atoms with Gasteiger partial charge in [-0.05, 0) is 42.0 Å². The molecule has 1 amide bonds. The first kappa shape index (κ1) is 21.2. The van der Waals surface area contributed by atoms with Crippen LogP contribution in [0.2, 0.25) is 0 Å². The fourth-order valence-electron chi connectivity index (χ4n) is 3.26. The molecule has 0 atom stereocenters. The molecule has 0 aliphatic carbocycles. The Hall–Kier alpha value is -3.54. The van der Waals surface area contributed by atoms with Crippen molar-refractivity contribution in [2.45, 2.75) is 13.1 Å². The van der Waals surface area contributed by atoms with Crippen LogP contribution in [-0.4, -0.2) is 36.1 Å². The summed E-state index contributed by atoms with van der Waals surface area (Å²) in [5.74, 6) is 0.665. The molecule has 30 heavy (non-hydrogen) atoms. The van der Waals surface area contributed by atoms with E-state index in [1.807, 2.05) is 29.0 Å². The topological polar surface area (TPSA) is 43.7 Å². The molecule has 156 valence electrons. The quantitative estimate of drug-likeness (QED) is 0.489. The van der Waals surface area contributed by atoms with Crippen molar-refractivity contribution in [3.05, 3.63) is 96.1 Å². The summed E-state index contributed by atoms with van der Waals surface area (Å²) in [4.78, 5) is 14.9. The van der Waals surface area contributed by atoms with Crippen molar-refractivity contribution >= 4 is 5.91 Å². The minimum Gasteiger partial charge on any atom is -0.497 e. The fourth-order valence-corrected chi connectivity index (χ4v) is 3.26. The van der Waals surface area contributed by atoms with Crippen molar-refractivity contribution in [1.82, 2.24) is 9.47 Å². The van der Waals surface area contributed by atoms with E-state index in [1.54, 1.807) is 49.5 Å². The number of nitrogens with zero attached hydrogens (tertiary/aromatic N) is 2. The summed E-state index contributed by atoms with van der Waals surface area (Å²) in [5.41, 5.74) is 2.26. The minimum absolute atomic E-state index is 0.161. The van der Waals surface area contributed by atoms with Crippen molar-refractivity contribution in [2.75, 3.05) is 20.8 Å². The number of benzene rings is 2. The zero-order chi connectivity index (χ0) is 21.5. The molecule has 0 saturated heterocycles. The van der Waals surface area contributed by atoms with E-state index in [1.165, 1.54) is 12.1 Å². The van der Waals surface area contributed by atoms with Crippen LogP contribution in [0.3, 0.4) is 0 Å². The van der Waals surface area contributed by atoms with Crippen LogP contribution >= 0.6 is 0 Å². The molecule has 0 N–H and O–H groups in total. The SMILES string of the molecule is C=CCN(Cc1cccn1Cc1cccc(F)c1)C(=O)c1cc(OC)cc(OC)c1. The fraction of sp³-hybridized carbons (Fsp3) is 0.208. The number of rotatable bonds is 9. The Morgan fingerprint density at radius 1 is 1.10 bits per heavy atom. The Bertz CT molecular complexity index is 1010. The lowest BCUT2D eigenvalue weighted by molar-refractivity contribution is 0.0758. The third-order valence-electron chi connectivity index (χ3n) is 4.75. The van der Waals surface area contributed by atoms with Gasteiger partial charge in [-0.25, -0.2) is 4.39 Å². The highest BCUT2D eigenvalue weighted by molar-refractivity contribution is 5.95. The van der Waals surface area contributed by atoms with Crippen LogP contribution in [0, 0.1) is 5.82 Å². The molecule has 0 spiro atoms. The maximum absolute atomic E-state index is 13.5. The maximum Gasteiger partial charge on any atom is 0.254 e. The molecule has 6 heteroatoms. The summed E-state index contributed by atoms with van der Waals surface area (Å²) in [7, 11) is 3.09. The molecular weight excluding hydrogens is 383 g/mol. The van der Waals surface area contributed by atoms with E-state index in [4.69, 9.17) is 9.47 Å². The Morgan fingerprint density at radius 3 is 2.47 bits per heavy atom. The molecule has 1 aromatic heterocycles. The van der Waals surface area contributed by atoms with E-state index in [0.717, 1.165) is 11.3 Å². The zero-order valence-electron chi connectivity index (χ0n) is 17.2. The Morgan fingerprint density at radius 2 is 1.83 bits per heavy atom. The van der Waals surface area contributed by atoms with E-state index >= 15 is 0 Å². The van der Waals surface area contributed by atoms with Gasteiger partial charge < -0.3 is 18.9 Å². The summed E-state index contributed by atoms with van der Waals surface area (Å²) in [6, 6.07) is 15.5. The predicted molar refractivity (Wildman–Crippen MR) is 114 cm³/mol. The van der Waals surface area contributed by atoms with Crippen LogP contribution in [0.15, 0.2) is 73.4 Å². The first-order chi connectivity index (χ1) is 14.5. The maximum atomic E-state index is 13.5. The molecule has 5 nitrogen and oxygen atoms in total. The number of carbonyl (C=O) groups excluding carboxylic acids is 1. The molecule has 3 rings (SSSR count). The van der Waals surface area contributed by atoms with Gasteiger partial charge in [0, 0.05) is 36.6 Å². The molecule has 3 aromatic rings. The monoisotopic (exact) mass is 408 g/mol. The number of methoxy groups -OCH3 is 2. The van der Waals surface area contributed by atoms with E-state index in [-0.39, 0.29) is 11.7 Å². The van der Waals surface area contributed by atoms with Gasteiger partial charge in [-0.15, -0.1) is 6.58 Å². The third kappa shape index (κ3) is 5.08. The highest BCUT2D eigenvalue weighted by Crippen LogP contribution is 2.24. The van der Waals surface area contributed by atoms with Crippen molar-refractivity contribution < 1.29 is 18.7 Å². The molecule has 0 saturated carbocycles. The summed E-state index contributed by atoms with van der Waals surface area (Å²) in [6.07, 6.45) is 3.61. The number of aromatic nitrogens is 1.